The van der Waals surface area contributed by atoms with E-state index in [1.807, 2.05) is 13.2 Å². The van der Waals surface area contributed by atoms with Gasteiger partial charge < -0.3 is 10.6 Å². The average Bonchev–Trinajstić information content (AvgIpc) is 2.43. The molecule has 2 N–H and O–H groups in total. The Morgan fingerprint density at radius 1 is 1.53 bits per heavy atom. The smallest absolute Gasteiger partial charge is 0.282 e. The van der Waals surface area contributed by atoms with Crippen molar-refractivity contribution in [2.45, 2.75) is 12.2 Å². The molecule has 0 fully saturated rings. The van der Waals surface area contributed by atoms with Crippen LogP contribution in [0.4, 0.5) is 11.4 Å². The summed E-state index contributed by atoms with van der Waals surface area (Å²) in [5.41, 5.74) is 0.548. The molecular formula is C12H17N3O3S. The summed E-state index contributed by atoms with van der Waals surface area (Å²) in [6.45, 7) is 2.45. The second kappa shape index (κ2) is 6.98. The van der Waals surface area contributed by atoms with Crippen LogP contribution in [0, 0.1) is 10.1 Å². The van der Waals surface area contributed by atoms with Crippen LogP contribution >= 0.6 is 11.8 Å². The fourth-order valence-electron chi connectivity index (χ4n) is 1.45. The summed E-state index contributed by atoms with van der Waals surface area (Å²) in [6, 6.07) is 4.38. The minimum atomic E-state index is -0.549. The van der Waals surface area contributed by atoms with Crippen LogP contribution in [0.15, 0.2) is 18.2 Å². The number of hydrogen-bond acceptors (Lipinski definition) is 5. The molecule has 0 aliphatic rings. The van der Waals surface area contributed by atoms with Gasteiger partial charge in [-0.2, -0.15) is 11.8 Å². The Balaban J connectivity index is 2.95. The van der Waals surface area contributed by atoms with E-state index in [2.05, 4.69) is 10.6 Å². The number of nitro groups is 1. The zero-order chi connectivity index (χ0) is 14.4. The lowest BCUT2D eigenvalue weighted by atomic mass is 10.1. The summed E-state index contributed by atoms with van der Waals surface area (Å²) in [5, 5.41) is 16.7. The number of hydrogen-bond donors (Lipinski definition) is 2. The molecule has 1 rings (SSSR count). The first-order chi connectivity index (χ1) is 8.99. The standard InChI is InChI=1S/C12H17N3O3S/c1-8(19-3)7-14-12(16)10-6-9(13-2)4-5-11(10)15(17)18/h4-6,8,13H,7H2,1-3H3,(H,14,16). The topological polar surface area (TPSA) is 84.3 Å². The second-order valence-corrected chi connectivity index (χ2v) is 5.27. The number of nitrogens with zero attached hydrogens (tertiary/aromatic N) is 1. The molecule has 0 aliphatic heterocycles. The Morgan fingerprint density at radius 3 is 2.74 bits per heavy atom. The summed E-state index contributed by atoms with van der Waals surface area (Å²) in [7, 11) is 1.69. The minimum Gasteiger partial charge on any atom is -0.388 e. The van der Waals surface area contributed by atoms with E-state index in [4.69, 9.17) is 0 Å². The van der Waals surface area contributed by atoms with Gasteiger partial charge in [-0.3, -0.25) is 14.9 Å². The van der Waals surface area contributed by atoms with Crippen molar-refractivity contribution in [1.29, 1.82) is 0 Å². The number of rotatable bonds is 6. The molecule has 1 atom stereocenters. The van der Waals surface area contributed by atoms with Gasteiger partial charge in [-0.25, -0.2) is 0 Å². The molecular weight excluding hydrogens is 266 g/mol. The molecule has 0 spiro atoms. The van der Waals surface area contributed by atoms with Crippen molar-refractivity contribution >= 4 is 29.0 Å². The van der Waals surface area contributed by atoms with Crippen LogP contribution in [-0.2, 0) is 0 Å². The van der Waals surface area contributed by atoms with E-state index in [-0.39, 0.29) is 16.5 Å². The van der Waals surface area contributed by atoms with Crippen LogP contribution in [-0.4, -0.2) is 35.9 Å². The highest BCUT2D eigenvalue weighted by atomic mass is 32.2. The molecule has 0 saturated heterocycles. The predicted molar refractivity (Wildman–Crippen MR) is 78.0 cm³/mol. The van der Waals surface area contributed by atoms with Crippen molar-refractivity contribution in [2.75, 3.05) is 25.2 Å². The van der Waals surface area contributed by atoms with Crippen LogP contribution in [0.3, 0.4) is 0 Å². The molecule has 0 bridgehead atoms. The lowest BCUT2D eigenvalue weighted by molar-refractivity contribution is -0.385. The summed E-state index contributed by atoms with van der Waals surface area (Å²) < 4.78 is 0. The third kappa shape index (κ3) is 4.13. The van der Waals surface area contributed by atoms with E-state index >= 15 is 0 Å². The molecule has 1 unspecified atom stereocenters. The monoisotopic (exact) mass is 283 g/mol. The zero-order valence-corrected chi connectivity index (χ0v) is 11.9. The summed E-state index contributed by atoms with van der Waals surface area (Å²) in [4.78, 5) is 22.4. The van der Waals surface area contributed by atoms with E-state index in [0.29, 0.717) is 12.2 Å². The fraction of sp³-hybridized carbons (Fsp3) is 0.417. The van der Waals surface area contributed by atoms with Gasteiger partial charge >= 0.3 is 0 Å². The van der Waals surface area contributed by atoms with Crippen LogP contribution < -0.4 is 10.6 Å². The van der Waals surface area contributed by atoms with E-state index in [1.165, 1.54) is 12.1 Å². The van der Waals surface area contributed by atoms with E-state index in [0.717, 1.165) is 0 Å². The molecule has 1 aromatic carbocycles. The number of thioether (sulfide) groups is 1. The molecule has 1 amide bonds. The van der Waals surface area contributed by atoms with Gasteiger partial charge in [-0.15, -0.1) is 0 Å². The van der Waals surface area contributed by atoms with Crippen LogP contribution in [0.5, 0.6) is 0 Å². The Bertz CT molecular complexity index is 479. The lowest BCUT2D eigenvalue weighted by Crippen LogP contribution is -2.29. The highest BCUT2D eigenvalue weighted by Gasteiger charge is 2.20. The number of nitrogens with one attached hydrogen (secondary N) is 2. The number of carbonyl (C=O) groups excluding carboxylic acids is 1. The average molecular weight is 283 g/mol. The van der Waals surface area contributed by atoms with E-state index < -0.39 is 10.8 Å². The number of nitro benzene ring substituents is 1. The molecule has 7 heteroatoms. The number of amides is 1. The van der Waals surface area contributed by atoms with Gasteiger partial charge in [-0.05, 0) is 18.4 Å². The maximum Gasteiger partial charge on any atom is 0.282 e. The second-order valence-electron chi connectivity index (χ2n) is 4.00. The maximum atomic E-state index is 12.0. The molecule has 0 aliphatic carbocycles. The molecule has 1 aromatic rings. The number of anilines is 1. The van der Waals surface area contributed by atoms with Crippen molar-refractivity contribution in [3.63, 3.8) is 0 Å². The minimum absolute atomic E-state index is 0.0742. The van der Waals surface area contributed by atoms with Crippen LogP contribution in [0.2, 0.25) is 0 Å². The largest absolute Gasteiger partial charge is 0.388 e. The van der Waals surface area contributed by atoms with Gasteiger partial charge in [0.25, 0.3) is 11.6 Å². The molecule has 0 aromatic heterocycles. The Morgan fingerprint density at radius 2 is 2.21 bits per heavy atom. The highest BCUT2D eigenvalue weighted by molar-refractivity contribution is 7.99. The van der Waals surface area contributed by atoms with Crippen molar-refractivity contribution in [1.82, 2.24) is 5.32 Å². The first-order valence-electron chi connectivity index (χ1n) is 5.76. The third-order valence-corrected chi connectivity index (χ3v) is 3.65. The van der Waals surface area contributed by atoms with Crippen molar-refractivity contribution < 1.29 is 9.72 Å². The molecule has 19 heavy (non-hydrogen) atoms. The maximum absolute atomic E-state index is 12.0. The summed E-state index contributed by atoms with van der Waals surface area (Å²) in [6.07, 6.45) is 1.95. The Labute approximate surface area is 116 Å². The molecule has 0 radical (unpaired) electrons. The Hall–Kier alpha value is -1.76. The normalized spacial score (nSPS) is 11.7. The zero-order valence-electron chi connectivity index (χ0n) is 11.1. The van der Waals surface area contributed by atoms with Crippen molar-refractivity contribution in [2.24, 2.45) is 0 Å². The van der Waals surface area contributed by atoms with E-state index in [9.17, 15) is 14.9 Å². The van der Waals surface area contributed by atoms with Crippen LogP contribution in [0.25, 0.3) is 0 Å². The quantitative estimate of drug-likeness (QED) is 0.617. The molecule has 0 heterocycles. The third-order valence-electron chi connectivity index (χ3n) is 2.68. The first kappa shape index (κ1) is 15.3. The summed E-state index contributed by atoms with van der Waals surface area (Å²) >= 11 is 1.62. The van der Waals surface area contributed by atoms with Crippen LogP contribution in [0.1, 0.15) is 17.3 Å². The van der Waals surface area contributed by atoms with Gasteiger partial charge in [0.15, 0.2) is 0 Å². The lowest BCUT2D eigenvalue weighted by Gasteiger charge is -2.10. The summed E-state index contributed by atoms with van der Waals surface area (Å²) in [5.74, 6) is -0.426. The number of carbonyl (C=O) groups is 1. The van der Waals surface area contributed by atoms with Gasteiger partial charge in [0.1, 0.15) is 5.56 Å². The number of benzene rings is 1. The van der Waals surface area contributed by atoms with E-state index in [1.54, 1.807) is 24.9 Å². The predicted octanol–water partition coefficient (Wildman–Crippen LogP) is 2.12. The molecule has 6 nitrogen and oxygen atoms in total. The van der Waals surface area contributed by atoms with Crippen molar-refractivity contribution in [3.05, 3.63) is 33.9 Å². The van der Waals surface area contributed by atoms with Gasteiger partial charge in [0.2, 0.25) is 0 Å². The first-order valence-corrected chi connectivity index (χ1v) is 7.05. The van der Waals surface area contributed by atoms with Gasteiger partial charge in [0.05, 0.1) is 4.92 Å². The SMILES string of the molecule is CNc1ccc([N+](=O)[O-])c(C(=O)NCC(C)SC)c1. The Kier molecular flexibility index (Phi) is 5.62. The van der Waals surface area contributed by atoms with Gasteiger partial charge in [0, 0.05) is 30.6 Å². The highest BCUT2D eigenvalue weighted by Crippen LogP contribution is 2.22. The fourth-order valence-corrected chi connectivity index (χ4v) is 1.70. The van der Waals surface area contributed by atoms with Crippen molar-refractivity contribution in [3.8, 4) is 0 Å². The van der Waals surface area contributed by atoms with Gasteiger partial charge in [-0.1, -0.05) is 6.92 Å². The molecule has 104 valence electrons. The molecule has 0 saturated carbocycles.